The van der Waals surface area contributed by atoms with Gasteiger partial charge in [-0.05, 0) is 49.1 Å². The Labute approximate surface area is 156 Å². The van der Waals surface area contributed by atoms with Gasteiger partial charge in [0.15, 0.2) is 0 Å². The predicted octanol–water partition coefficient (Wildman–Crippen LogP) is 3.41. The van der Waals surface area contributed by atoms with Crippen LogP contribution < -0.4 is 10.1 Å². The topological polar surface area (TPSA) is 41.6 Å². The first kappa shape index (κ1) is 18.5. The molecule has 1 aliphatic rings. The molecular weight excluding hydrogens is 324 g/mol. The van der Waals surface area contributed by atoms with Crippen LogP contribution in [0.2, 0.25) is 0 Å². The van der Waals surface area contributed by atoms with E-state index in [1.165, 1.54) is 11.1 Å². The lowest BCUT2D eigenvalue weighted by Crippen LogP contribution is -2.36. The number of carbonyl (C=O) groups excluding carboxylic acids is 1. The van der Waals surface area contributed by atoms with E-state index in [-0.39, 0.29) is 0 Å². The van der Waals surface area contributed by atoms with Gasteiger partial charge in [-0.15, -0.1) is 0 Å². The molecule has 26 heavy (non-hydrogen) atoms. The summed E-state index contributed by atoms with van der Waals surface area (Å²) in [6.07, 6.45) is 3.62. The molecule has 0 aliphatic carbocycles. The third kappa shape index (κ3) is 5.09. The fourth-order valence-corrected chi connectivity index (χ4v) is 3.54. The van der Waals surface area contributed by atoms with Gasteiger partial charge in [0.1, 0.15) is 5.75 Å². The maximum absolute atomic E-state index is 12.2. The van der Waals surface area contributed by atoms with Gasteiger partial charge in [0.05, 0.1) is 7.11 Å². The first-order valence-corrected chi connectivity index (χ1v) is 9.43. The quantitative estimate of drug-likeness (QED) is 0.703. The Balaban J connectivity index is 1.41. The van der Waals surface area contributed by atoms with Crippen LogP contribution in [0.25, 0.3) is 0 Å². The van der Waals surface area contributed by atoms with E-state index in [2.05, 4.69) is 46.6 Å². The van der Waals surface area contributed by atoms with Crippen LogP contribution in [-0.4, -0.2) is 37.0 Å². The van der Waals surface area contributed by atoms with Gasteiger partial charge in [-0.1, -0.05) is 42.5 Å². The third-order valence-corrected chi connectivity index (χ3v) is 5.08. The van der Waals surface area contributed by atoms with Crippen LogP contribution in [-0.2, 0) is 17.8 Å². The van der Waals surface area contributed by atoms with E-state index < -0.39 is 0 Å². The highest BCUT2D eigenvalue weighted by atomic mass is 16.5. The molecule has 0 spiro atoms. The summed E-state index contributed by atoms with van der Waals surface area (Å²) >= 11 is 0. The van der Waals surface area contributed by atoms with Crippen molar-refractivity contribution in [2.24, 2.45) is 0 Å². The molecular formula is C22H28N2O2. The van der Waals surface area contributed by atoms with E-state index in [0.717, 1.165) is 44.6 Å². The zero-order valence-corrected chi connectivity index (χ0v) is 15.5. The number of likely N-dealkylation sites (tertiary alicyclic amines) is 1. The van der Waals surface area contributed by atoms with Crippen molar-refractivity contribution in [1.29, 1.82) is 0 Å². The second kappa shape index (κ2) is 9.39. The molecule has 4 nitrogen and oxygen atoms in total. The Hall–Kier alpha value is -2.33. The van der Waals surface area contributed by atoms with E-state index in [0.29, 0.717) is 18.4 Å². The number of carbonyl (C=O) groups is 1. The molecule has 0 radical (unpaired) electrons. The van der Waals surface area contributed by atoms with Crippen LogP contribution >= 0.6 is 0 Å². The van der Waals surface area contributed by atoms with Gasteiger partial charge in [-0.2, -0.15) is 0 Å². The molecule has 0 bridgehead atoms. The third-order valence-electron chi connectivity index (χ3n) is 5.08. The van der Waals surface area contributed by atoms with E-state index >= 15 is 0 Å². The number of methoxy groups -OCH3 is 1. The van der Waals surface area contributed by atoms with Crippen LogP contribution in [0.1, 0.15) is 30.4 Å². The minimum absolute atomic E-state index is 0.307. The second-order valence-electron chi connectivity index (χ2n) is 6.83. The predicted molar refractivity (Wildman–Crippen MR) is 104 cm³/mol. The average molecular weight is 352 g/mol. The van der Waals surface area contributed by atoms with Crippen molar-refractivity contribution in [3.8, 4) is 5.75 Å². The second-order valence-corrected chi connectivity index (χ2v) is 6.83. The summed E-state index contributed by atoms with van der Waals surface area (Å²) < 4.78 is 5.18. The number of hydrogen-bond donors (Lipinski definition) is 1. The van der Waals surface area contributed by atoms with Crippen molar-refractivity contribution >= 4 is 5.91 Å². The fourth-order valence-electron chi connectivity index (χ4n) is 3.54. The standard InChI is InChI=1S/C22H28N2O2/c1-26-21-10-7-19(8-11-21)17-23-15-13-20-9-12-22(25)24(20)16-14-18-5-3-2-4-6-18/h2-8,10-11,20,23H,9,12-17H2,1H3/t20-/m0/s1. The summed E-state index contributed by atoms with van der Waals surface area (Å²) in [5.74, 6) is 1.19. The van der Waals surface area contributed by atoms with Gasteiger partial charge in [-0.3, -0.25) is 4.79 Å². The Morgan fingerprint density at radius 2 is 1.85 bits per heavy atom. The number of benzene rings is 2. The summed E-state index contributed by atoms with van der Waals surface area (Å²) in [4.78, 5) is 14.3. The SMILES string of the molecule is COc1ccc(CNCC[C@@H]2CCC(=O)N2CCc2ccccc2)cc1. The Morgan fingerprint density at radius 1 is 1.08 bits per heavy atom. The van der Waals surface area contributed by atoms with E-state index in [9.17, 15) is 4.79 Å². The smallest absolute Gasteiger partial charge is 0.222 e. The van der Waals surface area contributed by atoms with Gasteiger partial charge in [0.2, 0.25) is 5.91 Å². The molecule has 1 N–H and O–H groups in total. The summed E-state index contributed by atoms with van der Waals surface area (Å²) in [7, 11) is 1.68. The van der Waals surface area contributed by atoms with Gasteiger partial charge in [0, 0.05) is 25.6 Å². The van der Waals surface area contributed by atoms with Crippen LogP contribution in [0.4, 0.5) is 0 Å². The minimum Gasteiger partial charge on any atom is -0.497 e. The largest absolute Gasteiger partial charge is 0.497 e. The first-order chi connectivity index (χ1) is 12.8. The van der Waals surface area contributed by atoms with Crippen molar-refractivity contribution in [2.75, 3.05) is 20.2 Å². The normalized spacial score (nSPS) is 16.9. The molecule has 2 aromatic carbocycles. The molecule has 0 aromatic heterocycles. The Kier molecular flexibility index (Phi) is 6.67. The monoisotopic (exact) mass is 352 g/mol. The number of amides is 1. The molecule has 4 heteroatoms. The Morgan fingerprint density at radius 3 is 2.58 bits per heavy atom. The molecule has 1 fully saturated rings. The molecule has 1 atom stereocenters. The van der Waals surface area contributed by atoms with E-state index in [4.69, 9.17) is 4.74 Å². The number of nitrogens with one attached hydrogen (secondary N) is 1. The van der Waals surface area contributed by atoms with Crippen molar-refractivity contribution < 1.29 is 9.53 Å². The molecule has 1 heterocycles. The van der Waals surface area contributed by atoms with Crippen LogP contribution in [0, 0.1) is 0 Å². The molecule has 2 aromatic rings. The molecule has 1 amide bonds. The van der Waals surface area contributed by atoms with Crippen LogP contribution in [0.15, 0.2) is 54.6 Å². The maximum Gasteiger partial charge on any atom is 0.222 e. The summed E-state index contributed by atoms with van der Waals surface area (Å²) in [5.41, 5.74) is 2.54. The van der Waals surface area contributed by atoms with Gasteiger partial charge < -0.3 is 15.0 Å². The number of nitrogens with zero attached hydrogens (tertiary/aromatic N) is 1. The lowest BCUT2D eigenvalue weighted by Gasteiger charge is -2.25. The molecule has 0 saturated carbocycles. The van der Waals surface area contributed by atoms with Crippen molar-refractivity contribution in [3.63, 3.8) is 0 Å². The summed E-state index contributed by atoms with van der Waals surface area (Å²) in [6.45, 7) is 2.59. The van der Waals surface area contributed by atoms with E-state index in [1.807, 2.05) is 18.2 Å². The van der Waals surface area contributed by atoms with Gasteiger partial charge in [-0.25, -0.2) is 0 Å². The molecule has 3 rings (SSSR count). The highest BCUT2D eigenvalue weighted by Crippen LogP contribution is 2.21. The van der Waals surface area contributed by atoms with Crippen molar-refractivity contribution in [1.82, 2.24) is 10.2 Å². The number of ether oxygens (including phenoxy) is 1. The van der Waals surface area contributed by atoms with Crippen molar-refractivity contribution in [3.05, 3.63) is 65.7 Å². The zero-order valence-electron chi connectivity index (χ0n) is 15.5. The van der Waals surface area contributed by atoms with E-state index in [1.54, 1.807) is 7.11 Å². The molecule has 1 aliphatic heterocycles. The molecule has 138 valence electrons. The van der Waals surface area contributed by atoms with Gasteiger partial charge >= 0.3 is 0 Å². The van der Waals surface area contributed by atoms with Crippen molar-refractivity contribution in [2.45, 2.75) is 38.3 Å². The molecule has 0 unspecified atom stereocenters. The zero-order chi connectivity index (χ0) is 18.2. The lowest BCUT2D eigenvalue weighted by atomic mass is 10.1. The summed E-state index contributed by atoms with van der Waals surface area (Å²) in [5, 5.41) is 3.50. The first-order valence-electron chi connectivity index (χ1n) is 9.43. The highest BCUT2D eigenvalue weighted by molar-refractivity contribution is 5.78. The number of hydrogen-bond acceptors (Lipinski definition) is 3. The fraction of sp³-hybridized carbons (Fsp3) is 0.409. The van der Waals surface area contributed by atoms with Gasteiger partial charge in [0.25, 0.3) is 0 Å². The highest BCUT2D eigenvalue weighted by Gasteiger charge is 2.29. The molecule has 1 saturated heterocycles. The van der Waals surface area contributed by atoms with Crippen LogP contribution in [0.3, 0.4) is 0 Å². The summed E-state index contributed by atoms with van der Waals surface area (Å²) in [6, 6.07) is 18.9. The maximum atomic E-state index is 12.2. The number of rotatable bonds is 9. The lowest BCUT2D eigenvalue weighted by molar-refractivity contribution is -0.129. The average Bonchev–Trinajstić information content (AvgIpc) is 3.04. The van der Waals surface area contributed by atoms with Crippen LogP contribution in [0.5, 0.6) is 5.75 Å². The Bertz CT molecular complexity index is 685. The minimum atomic E-state index is 0.307.